The van der Waals surface area contributed by atoms with Crippen LogP contribution in [0.3, 0.4) is 0 Å². The molecule has 0 bridgehead atoms. The van der Waals surface area contributed by atoms with Crippen molar-refractivity contribution in [1.82, 2.24) is 9.80 Å². The second-order valence-corrected chi connectivity index (χ2v) is 8.78. The molecule has 0 atom stereocenters. The molecule has 2 aromatic rings. The molecule has 1 fully saturated rings. The number of piperazine rings is 1. The Bertz CT molecular complexity index is 1060. The molecule has 1 aromatic heterocycles. The molecule has 4 rings (SSSR count). The first-order chi connectivity index (χ1) is 15.2. The van der Waals surface area contributed by atoms with Gasteiger partial charge in [0.15, 0.2) is 0 Å². The maximum atomic E-state index is 9.55. The van der Waals surface area contributed by atoms with Crippen LogP contribution in [0.25, 0.3) is 0 Å². The number of carboxylic acids is 2. The molecule has 2 N–H and O–H groups in total. The van der Waals surface area contributed by atoms with E-state index in [1.807, 2.05) is 12.1 Å². The number of aliphatic carboxylic acids is 2. The van der Waals surface area contributed by atoms with E-state index < -0.39 is 11.9 Å². The largest absolute Gasteiger partial charge is 0.478 e. The Kier molecular flexibility index (Phi) is 7.78. The van der Waals surface area contributed by atoms with Crippen molar-refractivity contribution in [2.24, 2.45) is 4.99 Å². The van der Waals surface area contributed by atoms with E-state index in [9.17, 15) is 9.59 Å². The zero-order valence-corrected chi connectivity index (χ0v) is 19.8. The standard InChI is InChI=1S/C17H18Cl2N4S.C4H4O4/c1-21-3-5-23(6-4-21)17-11-9-24-10-16(11)22(2)15-8-13(19)12(18)7-14(15)20-17;5-3(6)1-2-4(7)8/h7-10H,3-6H2,1-2H3;1-2H,(H,5,6)(H,7,8)/b;2-1+. The van der Waals surface area contributed by atoms with Gasteiger partial charge in [-0.15, -0.1) is 11.3 Å². The van der Waals surface area contributed by atoms with Crippen LogP contribution in [-0.4, -0.2) is 78.1 Å². The lowest BCUT2D eigenvalue weighted by Crippen LogP contribution is -2.47. The molecule has 11 heteroatoms. The Balaban J connectivity index is 0.000000312. The molecule has 3 heterocycles. The zero-order chi connectivity index (χ0) is 23.4. The van der Waals surface area contributed by atoms with Crippen molar-refractivity contribution in [2.45, 2.75) is 0 Å². The first-order valence-corrected chi connectivity index (χ1v) is 11.3. The van der Waals surface area contributed by atoms with Gasteiger partial charge in [-0.05, 0) is 19.2 Å². The van der Waals surface area contributed by atoms with Crippen LogP contribution in [0.5, 0.6) is 0 Å². The summed E-state index contributed by atoms with van der Waals surface area (Å²) in [6.45, 7) is 4.04. The molecule has 0 aliphatic carbocycles. The highest BCUT2D eigenvalue weighted by Gasteiger charge is 2.27. The summed E-state index contributed by atoms with van der Waals surface area (Å²) < 4.78 is 0. The Morgan fingerprint density at radius 2 is 1.56 bits per heavy atom. The molecule has 0 saturated carbocycles. The fourth-order valence-corrected chi connectivity index (χ4v) is 4.47. The van der Waals surface area contributed by atoms with E-state index in [1.165, 1.54) is 5.56 Å². The van der Waals surface area contributed by atoms with Gasteiger partial charge in [-0.3, -0.25) is 0 Å². The van der Waals surface area contributed by atoms with Crippen molar-refractivity contribution in [2.75, 3.05) is 45.2 Å². The number of rotatable bonds is 2. The molecule has 170 valence electrons. The maximum absolute atomic E-state index is 9.55. The minimum absolute atomic E-state index is 0.537. The van der Waals surface area contributed by atoms with E-state index in [0.29, 0.717) is 22.2 Å². The number of halogens is 2. The van der Waals surface area contributed by atoms with Crippen molar-refractivity contribution in [3.05, 3.63) is 50.7 Å². The molecular weight excluding hydrogens is 475 g/mol. The van der Waals surface area contributed by atoms with Crippen molar-refractivity contribution < 1.29 is 19.8 Å². The van der Waals surface area contributed by atoms with Gasteiger partial charge in [0.05, 0.1) is 32.7 Å². The average Bonchev–Trinajstić information content (AvgIpc) is 3.19. The number of amidine groups is 1. The Labute approximate surface area is 199 Å². The summed E-state index contributed by atoms with van der Waals surface area (Å²) >= 11 is 14.2. The molecule has 1 aromatic carbocycles. The highest BCUT2D eigenvalue weighted by Crippen LogP contribution is 2.43. The maximum Gasteiger partial charge on any atom is 0.328 e. The van der Waals surface area contributed by atoms with Gasteiger partial charge < -0.3 is 24.9 Å². The number of nitrogens with zero attached hydrogens (tertiary/aromatic N) is 4. The van der Waals surface area contributed by atoms with Crippen molar-refractivity contribution in [1.29, 1.82) is 0 Å². The first-order valence-electron chi connectivity index (χ1n) is 9.62. The van der Waals surface area contributed by atoms with Crippen molar-refractivity contribution >= 4 is 69.4 Å². The van der Waals surface area contributed by atoms with Gasteiger partial charge in [0.1, 0.15) is 5.84 Å². The smallest absolute Gasteiger partial charge is 0.328 e. The minimum Gasteiger partial charge on any atom is -0.478 e. The fourth-order valence-electron chi connectivity index (χ4n) is 3.31. The third-order valence-electron chi connectivity index (χ3n) is 5.02. The number of thiophene rings is 1. The highest BCUT2D eigenvalue weighted by atomic mass is 35.5. The zero-order valence-electron chi connectivity index (χ0n) is 17.5. The average molecular weight is 497 g/mol. The van der Waals surface area contributed by atoms with Crippen molar-refractivity contribution in [3.63, 3.8) is 0 Å². The van der Waals surface area contributed by atoms with Gasteiger partial charge in [-0.2, -0.15) is 0 Å². The summed E-state index contributed by atoms with van der Waals surface area (Å²) in [7, 11) is 4.21. The minimum atomic E-state index is -1.26. The Morgan fingerprint density at radius 3 is 2.16 bits per heavy atom. The van der Waals surface area contributed by atoms with Crippen LogP contribution in [-0.2, 0) is 9.59 Å². The summed E-state index contributed by atoms with van der Waals surface area (Å²) in [6.07, 6.45) is 1.12. The summed E-state index contributed by atoms with van der Waals surface area (Å²) in [5.41, 5.74) is 4.18. The number of carbonyl (C=O) groups is 2. The van der Waals surface area contributed by atoms with Crippen LogP contribution in [0.15, 0.2) is 40.0 Å². The van der Waals surface area contributed by atoms with Gasteiger partial charge in [0, 0.05) is 56.1 Å². The molecule has 0 spiro atoms. The lowest BCUT2D eigenvalue weighted by atomic mass is 10.2. The van der Waals surface area contributed by atoms with Crippen LogP contribution in [0, 0.1) is 0 Å². The van der Waals surface area contributed by atoms with Gasteiger partial charge in [0.2, 0.25) is 0 Å². The molecule has 2 aliphatic rings. The SMILES string of the molecule is CN1CCN(C2=Nc3cc(Cl)c(Cl)cc3N(C)c3cscc32)CC1.O=C(O)/C=C/C(=O)O. The molecule has 0 unspecified atom stereocenters. The van der Waals surface area contributed by atoms with E-state index >= 15 is 0 Å². The monoisotopic (exact) mass is 496 g/mol. The van der Waals surface area contributed by atoms with Gasteiger partial charge in [-0.25, -0.2) is 14.6 Å². The first kappa shape index (κ1) is 24.1. The number of aliphatic imine (C=N–C) groups is 1. The predicted molar refractivity (Wildman–Crippen MR) is 129 cm³/mol. The van der Waals surface area contributed by atoms with E-state index in [2.05, 4.69) is 39.6 Å². The van der Waals surface area contributed by atoms with Crippen LogP contribution in [0.2, 0.25) is 10.0 Å². The number of hydrogen-bond donors (Lipinski definition) is 2. The van der Waals surface area contributed by atoms with Crippen molar-refractivity contribution in [3.8, 4) is 0 Å². The van der Waals surface area contributed by atoms with Crippen LogP contribution < -0.4 is 4.90 Å². The second kappa shape index (κ2) is 10.4. The Morgan fingerprint density at radius 1 is 0.969 bits per heavy atom. The normalized spacial score (nSPS) is 15.9. The number of benzene rings is 1. The number of hydrogen-bond acceptors (Lipinski definition) is 7. The summed E-state index contributed by atoms with van der Waals surface area (Å²) in [5.74, 6) is -1.48. The lowest BCUT2D eigenvalue weighted by Gasteiger charge is -2.34. The molecule has 1 saturated heterocycles. The highest BCUT2D eigenvalue weighted by molar-refractivity contribution is 7.08. The topological polar surface area (TPSA) is 96.7 Å². The summed E-state index contributed by atoms with van der Waals surface area (Å²) in [4.78, 5) is 31.0. The fraction of sp³-hybridized carbons (Fsp3) is 0.286. The van der Waals surface area contributed by atoms with E-state index in [-0.39, 0.29) is 0 Å². The summed E-state index contributed by atoms with van der Waals surface area (Å²) in [5, 5.41) is 21.1. The summed E-state index contributed by atoms with van der Waals surface area (Å²) in [6, 6.07) is 3.76. The predicted octanol–water partition coefficient (Wildman–Crippen LogP) is 4.17. The van der Waals surface area contributed by atoms with E-state index in [0.717, 1.165) is 49.1 Å². The second-order valence-electron chi connectivity index (χ2n) is 7.22. The van der Waals surface area contributed by atoms with Gasteiger partial charge >= 0.3 is 11.9 Å². The van der Waals surface area contributed by atoms with Gasteiger partial charge in [-0.1, -0.05) is 23.2 Å². The van der Waals surface area contributed by atoms with Crippen LogP contribution in [0.4, 0.5) is 17.1 Å². The molecule has 2 aliphatic heterocycles. The van der Waals surface area contributed by atoms with E-state index in [1.54, 1.807) is 11.3 Å². The lowest BCUT2D eigenvalue weighted by molar-refractivity contribution is -0.134. The molecular formula is C21H22Cl2N4O4S. The van der Waals surface area contributed by atoms with Crippen LogP contribution in [0.1, 0.15) is 5.56 Å². The molecule has 8 nitrogen and oxygen atoms in total. The number of fused-ring (bicyclic) bond motifs is 2. The number of anilines is 2. The third-order valence-corrected chi connectivity index (χ3v) is 6.47. The molecule has 0 radical (unpaired) electrons. The molecule has 0 amide bonds. The van der Waals surface area contributed by atoms with Gasteiger partial charge in [0.25, 0.3) is 0 Å². The number of likely N-dealkylation sites (N-methyl/N-ethyl adjacent to an activating group) is 1. The number of carboxylic acid groups (broad SMARTS) is 2. The quantitative estimate of drug-likeness (QED) is 0.601. The van der Waals surface area contributed by atoms with Crippen LogP contribution >= 0.6 is 34.5 Å². The Hall–Kier alpha value is -2.59. The van der Waals surface area contributed by atoms with E-state index in [4.69, 9.17) is 38.4 Å². The molecule has 32 heavy (non-hydrogen) atoms. The third kappa shape index (κ3) is 5.60.